The van der Waals surface area contributed by atoms with Gasteiger partial charge in [-0.15, -0.1) is 0 Å². The third-order valence-electron chi connectivity index (χ3n) is 4.09. The number of nitriles is 1. The molecule has 7 nitrogen and oxygen atoms in total. The van der Waals surface area contributed by atoms with E-state index in [0.29, 0.717) is 23.3 Å². The van der Waals surface area contributed by atoms with Crippen molar-refractivity contribution in [2.75, 3.05) is 12.4 Å². The van der Waals surface area contributed by atoms with Crippen LogP contribution in [0.4, 0.5) is 11.6 Å². The van der Waals surface area contributed by atoms with Gasteiger partial charge in [-0.25, -0.2) is 9.97 Å². The molecule has 1 aliphatic carbocycles. The lowest BCUT2D eigenvalue weighted by Crippen LogP contribution is -1.97. The summed E-state index contributed by atoms with van der Waals surface area (Å²) in [4.78, 5) is 8.71. The summed E-state index contributed by atoms with van der Waals surface area (Å²) in [6.07, 6.45) is 9.62. The molecule has 0 radical (unpaired) electrons. The Balaban J connectivity index is 1.52. The third kappa shape index (κ3) is 3.15. The second-order valence-corrected chi connectivity index (χ2v) is 5.89. The van der Waals surface area contributed by atoms with E-state index in [0.717, 1.165) is 16.8 Å². The van der Waals surface area contributed by atoms with Crippen LogP contribution < -0.4 is 10.1 Å². The number of nitrogens with zero attached hydrogens (tertiary/aromatic N) is 5. The van der Waals surface area contributed by atoms with Gasteiger partial charge < -0.3 is 10.1 Å². The molecule has 0 unspecified atom stereocenters. The fraction of sp³-hybridized carbons (Fsp3) is 0.222. The standard InChI is InChI=1S/C18H16N6O/c1-25-17-6-12(2-3-13(17)7-19)14-8-20-18(21-9-14)23-15-10-22-24(11-15)16-4-5-16/h2-3,6,8-11,16H,4-5H2,1H3,(H,20,21,23). The highest BCUT2D eigenvalue weighted by molar-refractivity contribution is 5.66. The molecule has 3 aromatic rings. The van der Waals surface area contributed by atoms with Crippen molar-refractivity contribution in [2.24, 2.45) is 0 Å². The molecule has 1 aliphatic rings. The number of benzene rings is 1. The van der Waals surface area contributed by atoms with Crippen molar-refractivity contribution in [3.8, 4) is 22.9 Å². The normalized spacial score (nSPS) is 13.3. The minimum absolute atomic E-state index is 0.498. The third-order valence-corrected chi connectivity index (χ3v) is 4.09. The molecule has 4 rings (SSSR count). The van der Waals surface area contributed by atoms with Crippen LogP contribution in [0.15, 0.2) is 43.0 Å². The molecule has 0 aliphatic heterocycles. The molecule has 0 spiro atoms. The first kappa shape index (κ1) is 15.1. The van der Waals surface area contributed by atoms with Gasteiger partial charge in [-0.05, 0) is 30.5 Å². The Bertz CT molecular complexity index is 937. The van der Waals surface area contributed by atoms with Crippen molar-refractivity contribution in [2.45, 2.75) is 18.9 Å². The van der Waals surface area contributed by atoms with Crippen LogP contribution in [0.1, 0.15) is 24.4 Å². The Morgan fingerprint density at radius 2 is 2.00 bits per heavy atom. The second-order valence-electron chi connectivity index (χ2n) is 5.89. The van der Waals surface area contributed by atoms with Crippen molar-refractivity contribution in [1.82, 2.24) is 19.7 Å². The van der Waals surface area contributed by atoms with Gasteiger partial charge in [0.1, 0.15) is 11.8 Å². The van der Waals surface area contributed by atoms with Crippen LogP contribution >= 0.6 is 0 Å². The molecule has 25 heavy (non-hydrogen) atoms. The Hall–Kier alpha value is -3.40. The number of hydrogen-bond donors (Lipinski definition) is 1. The van der Waals surface area contributed by atoms with Crippen LogP contribution in [0.3, 0.4) is 0 Å². The summed E-state index contributed by atoms with van der Waals surface area (Å²) >= 11 is 0. The Kier molecular flexibility index (Phi) is 3.78. The SMILES string of the molecule is COc1cc(-c2cnc(Nc3cnn(C4CC4)c3)nc2)ccc1C#N. The lowest BCUT2D eigenvalue weighted by Gasteiger charge is -2.07. The molecule has 0 bridgehead atoms. The summed E-state index contributed by atoms with van der Waals surface area (Å²) in [5, 5.41) is 16.5. The van der Waals surface area contributed by atoms with Gasteiger partial charge in [0, 0.05) is 24.2 Å². The van der Waals surface area contributed by atoms with Gasteiger partial charge in [-0.1, -0.05) is 6.07 Å². The van der Waals surface area contributed by atoms with E-state index in [9.17, 15) is 0 Å². The van der Waals surface area contributed by atoms with E-state index in [-0.39, 0.29) is 0 Å². The van der Waals surface area contributed by atoms with E-state index in [2.05, 4.69) is 26.5 Å². The lowest BCUT2D eigenvalue weighted by atomic mass is 10.1. The van der Waals surface area contributed by atoms with Crippen LogP contribution in [0.25, 0.3) is 11.1 Å². The number of ether oxygens (including phenoxy) is 1. The van der Waals surface area contributed by atoms with Crippen molar-refractivity contribution in [3.05, 3.63) is 48.5 Å². The molecule has 0 saturated heterocycles. The molecule has 7 heteroatoms. The van der Waals surface area contributed by atoms with Gasteiger partial charge in [0.25, 0.3) is 0 Å². The molecule has 1 aromatic carbocycles. The van der Waals surface area contributed by atoms with Crippen LogP contribution in [-0.4, -0.2) is 26.9 Å². The lowest BCUT2D eigenvalue weighted by molar-refractivity contribution is 0.413. The zero-order chi connectivity index (χ0) is 17.2. The number of rotatable bonds is 5. The summed E-state index contributed by atoms with van der Waals surface area (Å²) in [6.45, 7) is 0. The predicted molar refractivity (Wildman–Crippen MR) is 92.5 cm³/mol. The molecule has 124 valence electrons. The van der Waals surface area contributed by atoms with Gasteiger partial charge in [-0.2, -0.15) is 10.4 Å². The van der Waals surface area contributed by atoms with E-state index in [1.54, 1.807) is 31.8 Å². The van der Waals surface area contributed by atoms with E-state index < -0.39 is 0 Å². The molecule has 1 N–H and O–H groups in total. The van der Waals surface area contributed by atoms with E-state index in [1.807, 2.05) is 23.0 Å². The van der Waals surface area contributed by atoms with Gasteiger partial charge in [0.05, 0.1) is 30.6 Å². The van der Waals surface area contributed by atoms with Crippen LogP contribution in [-0.2, 0) is 0 Å². The van der Waals surface area contributed by atoms with Crippen molar-refractivity contribution < 1.29 is 4.74 Å². The van der Waals surface area contributed by atoms with Gasteiger partial charge in [0.15, 0.2) is 0 Å². The largest absolute Gasteiger partial charge is 0.495 e. The molecule has 1 saturated carbocycles. The number of methoxy groups -OCH3 is 1. The van der Waals surface area contributed by atoms with Crippen LogP contribution in [0.5, 0.6) is 5.75 Å². The molecule has 2 aromatic heterocycles. The summed E-state index contributed by atoms with van der Waals surface area (Å²) in [6, 6.07) is 8.04. The average Bonchev–Trinajstić information content (AvgIpc) is 3.41. The fourth-order valence-corrected chi connectivity index (χ4v) is 2.58. The monoisotopic (exact) mass is 332 g/mol. The quantitative estimate of drug-likeness (QED) is 0.771. The number of aromatic nitrogens is 4. The minimum Gasteiger partial charge on any atom is -0.495 e. The van der Waals surface area contributed by atoms with E-state index in [1.165, 1.54) is 12.8 Å². The van der Waals surface area contributed by atoms with E-state index in [4.69, 9.17) is 10.00 Å². The molecule has 0 atom stereocenters. The summed E-state index contributed by atoms with van der Waals surface area (Å²) < 4.78 is 7.21. The first-order valence-corrected chi connectivity index (χ1v) is 7.98. The number of anilines is 2. The van der Waals surface area contributed by atoms with Crippen molar-refractivity contribution in [1.29, 1.82) is 5.26 Å². The molecule has 2 heterocycles. The van der Waals surface area contributed by atoms with Crippen molar-refractivity contribution in [3.63, 3.8) is 0 Å². The highest BCUT2D eigenvalue weighted by Gasteiger charge is 2.24. The smallest absolute Gasteiger partial charge is 0.227 e. The second kappa shape index (κ2) is 6.24. The average molecular weight is 332 g/mol. The molecule has 0 amide bonds. The van der Waals surface area contributed by atoms with Crippen molar-refractivity contribution >= 4 is 11.6 Å². The Labute approximate surface area is 144 Å². The summed E-state index contributed by atoms with van der Waals surface area (Å²) in [5.41, 5.74) is 3.11. The number of nitrogens with one attached hydrogen (secondary N) is 1. The highest BCUT2D eigenvalue weighted by Crippen LogP contribution is 2.34. The minimum atomic E-state index is 0.498. The Morgan fingerprint density at radius 1 is 1.20 bits per heavy atom. The predicted octanol–water partition coefficient (Wildman–Crippen LogP) is 3.30. The first-order chi connectivity index (χ1) is 12.3. The molecular formula is C18H16N6O. The van der Waals surface area contributed by atoms with Crippen LogP contribution in [0.2, 0.25) is 0 Å². The Morgan fingerprint density at radius 3 is 2.68 bits per heavy atom. The summed E-state index contributed by atoms with van der Waals surface area (Å²) in [5.74, 6) is 1.05. The molecule has 1 fully saturated rings. The summed E-state index contributed by atoms with van der Waals surface area (Å²) in [7, 11) is 1.55. The number of hydrogen-bond acceptors (Lipinski definition) is 6. The fourth-order valence-electron chi connectivity index (χ4n) is 2.58. The van der Waals surface area contributed by atoms with Gasteiger partial charge in [-0.3, -0.25) is 4.68 Å². The van der Waals surface area contributed by atoms with Gasteiger partial charge in [0.2, 0.25) is 5.95 Å². The van der Waals surface area contributed by atoms with E-state index >= 15 is 0 Å². The maximum atomic E-state index is 9.06. The van der Waals surface area contributed by atoms with Gasteiger partial charge >= 0.3 is 0 Å². The zero-order valence-electron chi connectivity index (χ0n) is 13.7. The maximum Gasteiger partial charge on any atom is 0.227 e. The maximum absolute atomic E-state index is 9.06. The topological polar surface area (TPSA) is 88.7 Å². The highest BCUT2D eigenvalue weighted by atomic mass is 16.5. The zero-order valence-corrected chi connectivity index (χ0v) is 13.7. The van der Waals surface area contributed by atoms with Crippen LogP contribution in [0, 0.1) is 11.3 Å². The molecular weight excluding hydrogens is 316 g/mol. The first-order valence-electron chi connectivity index (χ1n) is 7.98.